The quantitative estimate of drug-likeness (QED) is 0.320. The number of benzene rings is 1. The minimum Gasteiger partial charge on any atom is -0.435 e. The number of ether oxygens (including phenoxy) is 2. The van der Waals surface area contributed by atoms with Gasteiger partial charge in [0.1, 0.15) is 6.07 Å². The summed E-state index contributed by atoms with van der Waals surface area (Å²) >= 11 is 6.57. The number of hydrogen-bond donors (Lipinski definition) is 1. The Morgan fingerprint density at radius 2 is 0.917 bits per heavy atom. The summed E-state index contributed by atoms with van der Waals surface area (Å²) in [6.07, 6.45) is 49.7. The number of aliphatic hydroxyl groups is 1. The number of carbonyl (C=O) groups is 1. The number of methoxy groups -OCH3 is 1. The minimum absolute atomic E-state index is 0.319. The number of anilines is 1. The molecule has 1 N–H and O–H groups in total. The lowest BCUT2D eigenvalue weighted by Gasteiger charge is -2.38. The molecule has 1 amide bonds. The highest BCUT2D eigenvalue weighted by atomic mass is 35.5. The smallest absolute Gasteiger partial charge is 0.417 e. The number of amides is 1. The zero-order valence-corrected chi connectivity index (χ0v) is 39.8. The van der Waals surface area contributed by atoms with Crippen molar-refractivity contribution in [3.05, 3.63) is 28.3 Å². The third kappa shape index (κ3) is 20.1. The number of hydrogen-bond acceptors (Lipinski definition) is 5. The molecule has 60 heavy (non-hydrogen) atoms. The number of carbonyl (C=O) groups excluding carboxylic acids is 1. The van der Waals surface area contributed by atoms with Gasteiger partial charge in [0.05, 0.1) is 22.4 Å². The number of nitriles is 1. The normalized spacial score (nSPS) is 26.2. The van der Waals surface area contributed by atoms with Crippen LogP contribution in [0, 0.1) is 18.3 Å². The summed E-state index contributed by atoms with van der Waals surface area (Å²) in [4.78, 5) is 15.2. The van der Waals surface area contributed by atoms with Crippen molar-refractivity contribution < 1.29 is 19.4 Å². The van der Waals surface area contributed by atoms with Crippen molar-refractivity contribution >= 4 is 23.4 Å². The molecule has 7 heteroatoms. The van der Waals surface area contributed by atoms with E-state index in [-0.39, 0.29) is 0 Å². The molecule has 3 atom stereocenters. The van der Waals surface area contributed by atoms with Crippen molar-refractivity contribution in [1.29, 1.82) is 5.26 Å². The second-order valence-electron chi connectivity index (χ2n) is 19.0. The molecule has 344 valence electrons. The zero-order chi connectivity index (χ0) is 42.9. The van der Waals surface area contributed by atoms with Crippen LogP contribution in [-0.4, -0.2) is 36.2 Å². The molecular weight excluding hydrogens is 764 g/mol. The predicted molar refractivity (Wildman–Crippen MR) is 254 cm³/mol. The van der Waals surface area contributed by atoms with Crippen molar-refractivity contribution in [1.82, 2.24) is 0 Å². The average Bonchev–Trinajstić information content (AvgIpc) is 3.54. The van der Waals surface area contributed by atoms with Crippen molar-refractivity contribution in [2.45, 2.75) is 282 Å². The lowest BCUT2D eigenvalue weighted by Crippen LogP contribution is -2.54. The number of halogens is 1. The molecular formula is C53H91ClN2O4. The molecule has 0 aromatic heterocycles. The third-order valence-electron chi connectivity index (χ3n) is 13.9. The second kappa shape index (κ2) is 33.7. The van der Waals surface area contributed by atoms with Gasteiger partial charge >= 0.3 is 6.09 Å². The average molecular weight is 856 g/mol. The Hall–Kier alpha value is -1.81. The Kier molecular flexibility index (Phi) is 29.5. The van der Waals surface area contributed by atoms with Crippen LogP contribution in [0.25, 0.3) is 0 Å². The van der Waals surface area contributed by atoms with Crippen molar-refractivity contribution in [3.63, 3.8) is 0 Å². The van der Waals surface area contributed by atoms with E-state index in [9.17, 15) is 15.2 Å². The maximum Gasteiger partial charge on any atom is 0.417 e. The van der Waals surface area contributed by atoms with E-state index < -0.39 is 24.0 Å². The summed E-state index contributed by atoms with van der Waals surface area (Å²) < 4.78 is 12.3. The fourth-order valence-electron chi connectivity index (χ4n) is 10.0. The number of nitrogens with zero attached hydrogens (tertiary/aromatic N) is 2. The van der Waals surface area contributed by atoms with Crippen LogP contribution < -0.4 is 4.90 Å². The van der Waals surface area contributed by atoms with E-state index in [4.69, 9.17) is 21.1 Å². The van der Waals surface area contributed by atoms with E-state index in [2.05, 4.69) is 6.07 Å². The molecule has 1 aliphatic heterocycles. The number of rotatable bonds is 2. The summed E-state index contributed by atoms with van der Waals surface area (Å²) in [7, 11) is 1.59. The molecule has 1 aromatic carbocycles. The van der Waals surface area contributed by atoms with Gasteiger partial charge in [0.2, 0.25) is 0 Å². The summed E-state index contributed by atoms with van der Waals surface area (Å²) in [6, 6.07) is 5.51. The topological polar surface area (TPSA) is 82.8 Å². The second-order valence-corrected chi connectivity index (χ2v) is 19.3. The molecule has 3 unspecified atom stereocenters. The maximum atomic E-state index is 13.7. The van der Waals surface area contributed by atoms with E-state index in [0.29, 0.717) is 34.7 Å². The molecule has 3 rings (SSSR count). The fourth-order valence-corrected chi connectivity index (χ4v) is 10.3. The SMILES string of the molecule is COC1N(c2ccc(C#N)c(Cl)c2C)C(=O)OC12CCCCCCCCCCCCCCCCCCCCCCCCCCCCCCCCCCCCCCCCC2O. The lowest BCUT2D eigenvalue weighted by molar-refractivity contribution is -0.132. The Morgan fingerprint density at radius 1 is 0.600 bits per heavy atom. The molecule has 1 spiro atoms. The van der Waals surface area contributed by atoms with Gasteiger partial charge in [-0.3, -0.25) is 0 Å². The molecule has 1 aliphatic carbocycles. The van der Waals surface area contributed by atoms with Gasteiger partial charge < -0.3 is 14.6 Å². The van der Waals surface area contributed by atoms with Gasteiger partial charge in [-0.1, -0.05) is 249 Å². The Labute approximate surface area is 374 Å². The predicted octanol–water partition coefficient (Wildman–Crippen LogP) is 17.2. The monoisotopic (exact) mass is 855 g/mol. The van der Waals surface area contributed by atoms with Crippen LogP contribution in [-0.2, 0) is 9.47 Å². The Morgan fingerprint density at radius 3 is 1.23 bits per heavy atom. The van der Waals surface area contributed by atoms with Crippen molar-refractivity contribution in [2.75, 3.05) is 12.0 Å². The Bertz CT molecular complexity index is 1280. The lowest BCUT2D eigenvalue weighted by atomic mass is 9.85. The van der Waals surface area contributed by atoms with E-state index in [1.54, 1.807) is 19.2 Å². The number of aliphatic hydroxyl groups excluding tert-OH is 1. The molecule has 0 radical (unpaired) electrons. The maximum absolute atomic E-state index is 13.7. The van der Waals surface area contributed by atoms with Gasteiger partial charge in [-0.25, -0.2) is 9.69 Å². The van der Waals surface area contributed by atoms with Crippen LogP contribution in [0.15, 0.2) is 12.1 Å². The highest BCUT2D eigenvalue weighted by Gasteiger charge is 2.59. The van der Waals surface area contributed by atoms with Crippen molar-refractivity contribution in [3.8, 4) is 6.07 Å². The molecule has 1 aromatic rings. The largest absolute Gasteiger partial charge is 0.435 e. The molecule has 6 nitrogen and oxygen atoms in total. The van der Waals surface area contributed by atoms with Crippen LogP contribution in [0.4, 0.5) is 10.5 Å². The summed E-state index contributed by atoms with van der Waals surface area (Å²) in [5, 5.41) is 21.8. The van der Waals surface area contributed by atoms with Crippen LogP contribution in [0.5, 0.6) is 0 Å². The van der Waals surface area contributed by atoms with Gasteiger partial charge in [0, 0.05) is 7.11 Å². The van der Waals surface area contributed by atoms with Crippen LogP contribution in [0.2, 0.25) is 5.02 Å². The van der Waals surface area contributed by atoms with E-state index in [0.717, 1.165) is 32.1 Å². The first-order valence-corrected chi connectivity index (χ1v) is 26.3. The van der Waals surface area contributed by atoms with E-state index in [1.807, 2.05) is 6.92 Å². The molecule has 1 saturated carbocycles. The van der Waals surface area contributed by atoms with Gasteiger partial charge in [0.15, 0.2) is 11.8 Å². The molecule has 2 fully saturated rings. The summed E-state index contributed by atoms with van der Waals surface area (Å²) in [5.41, 5.74) is 0.362. The van der Waals surface area contributed by atoms with Gasteiger partial charge in [0.25, 0.3) is 0 Å². The first-order chi connectivity index (χ1) is 29.5. The van der Waals surface area contributed by atoms with Gasteiger partial charge in [-0.2, -0.15) is 5.26 Å². The molecule has 1 heterocycles. The van der Waals surface area contributed by atoms with Crippen molar-refractivity contribution in [2.24, 2.45) is 0 Å². The summed E-state index contributed by atoms with van der Waals surface area (Å²) in [6.45, 7) is 1.81. The zero-order valence-electron chi connectivity index (χ0n) is 39.0. The van der Waals surface area contributed by atoms with Crippen LogP contribution in [0.1, 0.15) is 268 Å². The first-order valence-electron chi connectivity index (χ1n) is 25.9. The first kappa shape index (κ1) is 52.5. The molecule has 2 aliphatic rings. The van der Waals surface area contributed by atoms with Gasteiger partial charge in [-0.15, -0.1) is 0 Å². The third-order valence-corrected chi connectivity index (χ3v) is 14.4. The molecule has 0 bridgehead atoms. The fraction of sp³-hybridized carbons (Fsp3) is 0.849. The highest BCUT2D eigenvalue weighted by molar-refractivity contribution is 6.33. The minimum atomic E-state index is -1.18. The summed E-state index contributed by atoms with van der Waals surface area (Å²) in [5.74, 6) is 0. The Balaban J connectivity index is 1.47. The standard InChI is InChI=1S/C53H91ClN2O4/c1-46-48(43-42-47(45-55)50(46)54)56-51(59-2)53(60-52(56)58)44-40-38-36-34-32-30-28-26-24-22-20-18-16-14-12-10-8-6-4-3-5-7-9-11-13-15-17-19-21-23-25-27-29-31-33-35-37-39-41-49(53)57/h42-43,49,51,57H,3-41,44H2,1-2H3. The van der Waals surface area contributed by atoms with Gasteiger partial charge in [-0.05, 0) is 43.9 Å². The van der Waals surface area contributed by atoms with Crippen LogP contribution in [0.3, 0.4) is 0 Å². The van der Waals surface area contributed by atoms with Crippen LogP contribution >= 0.6 is 11.6 Å². The van der Waals surface area contributed by atoms with E-state index in [1.165, 1.54) is 217 Å². The molecule has 1 saturated heterocycles. The highest BCUT2D eigenvalue weighted by Crippen LogP contribution is 2.44. The van der Waals surface area contributed by atoms with E-state index >= 15 is 0 Å².